The molecule has 0 radical (unpaired) electrons. The molecule has 0 bridgehead atoms. The predicted octanol–water partition coefficient (Wildman–Crippen LogP) is 6.34. The molecule has 0 saturated carbocycles. The van der Waals surface area contributed by atoms with Crippen molar-refractivity contribution >= 4 is 13.7 Å². The molecule has 1 amide bonds. The number of hydrogen-bond donors (Lipinski definition) is 1. The third kappa shape index (κ3) is 8.72. The van der Waals surface area contributed by atoms with Gasteiger partial charge in [-0.3, -0.25) is 18.9 Å². The summed E-state index contributed by atoms with van der Waals surface area (Å²) in [6.45, 7) is 5.48. The SMILES string of the molecule is CCCOP(=O)(NC(=O)C(C)Oc1ccc(Oc2ccc(C(F)(F)F)cc2)cc1)OCCC. The number of carbonyl (C=O) groups is 1. The number of benzene rings is 2. The minimum atomic E-state index is -4.42. The first-order valence-electron chi connectivity index (χ1n) is 10.4. The van der Waals surface area contributed by atoms with Gasteiger partial charge in [-0.15, -0.1) is 0 Å². The molecule has 1 atom stereocenters. The van der Waals surface area contributed by atoms with Crippen LogP contribution in [0, 0.1) is 0 Å². The average molecular weight is 489 g/mol. The molecule has 1 N–H and O–H groups in total. The molecule has 11 heteroatoms. The summed E-state index contributed by atoms with van der Waals surface area (Å²) in [6, 6.07) is 10.4. The lowest BCUT2D eigenvalue weighted by atomic mass is 10.2. The minimum Gasteiger partial charge on any atom is -0.481 e. The van der Waals surface area contributed by atoms with Crippen molar-refractivity contribution in [2.24, 2.45) is 0 Å². The highest BCUT2D eigenvalue weighted by Crippen LogP contribution is 2.44. The third-order valence-electron chi connectivity index (χ3n) is 4.10. The van der Waals surface area contributed by atoms with Gasteiger partial charge in [-0.1, -0.05) is 13.8 Å². The number of alkyl halides is 3. The van der Waals surface area contributed by atoms with E-state index in [1.54, 1.807) is 0 Å². The van der Waals surface area contributed by atoms with E-state index in [0.29, 0.717) is 24.3 Å². The summed E-state index contributed by atoms with van der Waals surface area (Å²) in [5.41, 5.74) is -0.768. The van der Waals surface area contributed by atoms with E-state index in [4.69, 9.17) is 18.5 Å². The average Bonchev–Trinajstić information content (AvgIpc) is 2.77. The van der Waals surface area contributed by atoms with Crippen molar-refractivity contribution in [3.05, 3.63) is 54.1 Å². The molecule has 0 aliphatic rings. The highest BCUT2D eigenvalue weighted by molar-refractivity contribution is 7.52. The van der Waals surface area contributed by atoms with E-state index in [1.165, 1.54) is 43.3 Å². The smallest absolute Gasteiger partial charge is 0.435 e. The van der Waals surface area contributed by atoms with Gasteiger partial charge in [0.25, 0.3) is 5.91 Å². The van der Waals surface area contributed by atoms with Gasteiger partial charge in [0.1, 0.15) is 17.2 Å². The molecule has 2 aromatic rings. The minimum absolute atomic E-state index is 0.164. The van der Waals surface area contributed by atoms with E-state index in [2.05, 4.69) is 5.09 Å². The summed E-state index contributed by atoms with van der Waals surface area (Å²) >= 11 is 0. The van der Waals surface area contributed by atoms with Crippen LogP contribution in [0.1, 0.15) is 39.2 Å². The summed E-state index contributed by atoms with van der Waals surface area (Å²) in [5.74, 6) is 0.260. The van der Waals surface area contributed by atoms with Crippen LogP contribution < -0.4 is 14.6 Å². The molecule has 33 heavy (non-hydrogen) atoms. The fourth-order valence-electron chi connectivity index (χ4n) is 2.44. The Bertz CT molecular complexity index is 923. The van der Waals surface area contributed by atoms with Gasteiger partial charge in [-0.05, 0) is 68.3 Å². The van der Waals surface area contributed by atoms with Gasteiger partial charge >= 0.3 is 13.9 Å². The lowest BCUT2D eigenvalue weighted by Gasteiger charge is -2.21. The van der Waals surface area contributed by atoms with Gasteiger partial charge in [0.05, 0.1) is 18.8 Å². The third-order valence-corrected chi connectivity index (χ3v) is 5.64. The van der Waals surface area contributed by atoms with Crippen LogP contribution in [-0.4, -0.2) is 25.2 Å². The number of halogens is 3. The van der Waals surface area contributed by atoms with Crippen LogP contribution >= 0.6 is 7.75 Å². The monoisotopic (exact) mass is 489 g/mol. The number of rotatable bonds is 12. The van der Waals surface area contributed by atoms with E-state index in [1.807, 2.05) is 13.8 Å². The summed E-state index contributed by atoms with van der Waals surface area (Å²) in [4.78, 5) is 12.4. The molecule has 2 rings (SSSR count). The zero-order valence-corrected chi connectivity index (χ0v) is 19.4. The molecule has 0 heterocycles. The maximum atomic E-state index is 12.7. The largest absolute Gasteiger partial charge is 0.481 e. The van der Waals surface area contributed by atoms with Gasteiger partial charge in [0.15, 0.2) is 6.10 Å². The fraction of sp³-hybridized carbons (Fsp3) is 0.409. The highest BCUT2D eigenvalue weighted by Gasteiger charge is 2.31. The van der Waals surface area contributed by atoms with Crippen molar-refractivity contribution in [2.45, 2.75) is 45.9 Å². The van der Waals surface area contributed by atoms with Crippen LogP contribution in [0.5, 0.6) is 17.2 Å². The summed E-state index contributed by atoms with van der Waals surface area (Å²) in [5, 5.41) is 2.28. The van der Waals surface area contributed by atoms with Crippen LogP contribution in [0.3, 0.4) is 0 Å². The van der Waals surface area contributed by atoms with Crippen molar-refractivity contribution in [3.8, 4) is 17.2 Å². The molecular formula is C22H27F3NO6P. The standard InChI is InChI=1S/C22H27F3NO6P/c1-4-14-29-33(28,30-15-5-2)26-21(27)16(3)31-18-10-12-20(13-11-18)32-19-8-6-17(7-9-19)22(23,24)25/h6-13,16H,4-5,14-15H2,1-3H3,(H,26,27,28). The molecule has 0 aliphatic carbocycles. The van der Waals surface area contributed by atoms with Crippen molar-refractivity contribution in [1.29, 1.82) is 0 Å². The summed E-state index contributed by atoms with van der Waals surface area (Å²) in [6.07, 6.45) is -4.22. The normalized spacial score (nSPS) is 12.8. The Morgan fingerprint density at radius 3 is 1.82 bits per heavy atom. The van der Waals surface area contributed by atoms with E-state index < -0.39 is 31.5 Å². The van der Waals surface area contributed by atoms with Crippen molar-refractivity contribution in [3.63, 3.8) is 0 Å². The lowest BCUT2D eigenvalue weighted by Crippen LogP contribution is -2.35. The zero-order valence-electron chi connectivity index (χ0n) is 18.6. The van der Waals surface area contributed by atoms with E-state index in [-0.39, 0.29) is 19.0 Å². The maximum Gasteiger partial charge on any atom is 0.435 e. The van der Waals surface area contributed by atoms with Gasteiger partial charge < -0.3 is 9.47 Å². The number of hydrogen-bond acceptors (Lipinski definition) is 6. The number of nitrogens with one attached hydrogen (secondary N) is 1. The van der Waals surface area contributed by atoms with E-state index in [0.717, 1.165) is 12.1 Å². The molecule has 7 nitrogen and oxygen atoms in total. The van der Waals surface area contributed by atoms with Crippen molar-refractivity contribution in [2.75, 3.05) is 13.2 Å². The van der Waals surface area contributed by atoms with Crippen LogP contribution in [0.15, 0.2) is 48.5 Å². The van der Waals surface area contributed by atoms with Crippen molar-refractivity contribution < 1.29 is 41.1 Å². The van der Waals surface area contributed by atoms with Gasteiger partial charge in [0.2, 0.25) is 0 Å². The van der Waals surface area contributed by atoms with Crippen LogP contribution in [0.4, 0.5) is 13.2 Å². The zero-order chi connectivity index (χ0) is 24.5. The molecule has 0 aromatic heterocycles. The Kier molecular flexibility index (Phi) is 9.76. The van der Waals surface area contributed by atoms with E-state index in [9.17, 15) is 22.5 Å². The first-order chi connectivity index (χ1) is 15.6. The first-order valence-corrected chi connectivity index (χ1v) is 11.9. The first kappa shape index (κ1) is 26.7. The van der Waals surface area contributed by atoms with Crippen LogP contribution in [-0.2, 0) is 24.6 Å². The maximum absolute atomic E-state index is 12.7. The molecule has 2 aromatic carbocycles. The van der Waals surface area contributed by atoms with Crippen LogP contribution in [0.2, 0.25) is 0 Å². The van der Waals surface area contributed by atoms with Gasteiger partial charge in [-0.25, -0.2) is 4.57 Å². The molecule has 0 saturated heterocycles. The van der Waals surface area contributed by atoms with Crippen LogP contribution in [0.25, 0.3) is 0 Å². The fourth-order valence-corrected chi connectivity index (χ4v) is 3.94. The van der Waals surface area contributed by atoms with Crippen molar-refractivity contribution in [1.82, 2.24) is 5.09 Å². The Morgan fingerprint density at radius 1 is 0.909 bits per heavy atom. The van der Waals surface area contributed by atoms with Gasteiger partial charge in [0, 0.05) is 0 Å². The Balaban J connectivity index is 1.95. The number of amides is 1. The Labute approximate surface area is 190 Å². The van der Waals surface area contributed by atoms with E-state index >= 15 is 0 Å². The molecular weight excluding hydrogens is 462 g/mol. The Morgan fingerprint density at radius 2 is 1.36 bits per heavy atom. The molecule has 0 fully saturated rings. The topological polar surface area (TPSA) is 83.1 Å². The summed E-state index contributed by atoms with van der Waals surface area (Å²) < 4.78 is 72.1. The highest BCUT2D eigenvalue weighted by atomic mass is 31.2. The second kappa shape index (κ2) is 12.1. The number of ether oxygens (including phenoxy) is 2. The quantitative estimate of drug-likeness (QED) is 0.350. The summed E-state index contributed by atoms with van der Waals surface area (Å²) in [7, 11) is -3.80. The molecule has 0 aliphatic heterocycles. The second-order valence-corrected chi connectivity index (χ2v) is 8.73. The lowest BCUT2D eigenvalue weighted by molar-refractivity contribution is -0.137. The number of carbonyl (C=O) groups excluding carboxylic acids is 1. The molecule has 182 valence electrons. The molecule has 0 spiro atoms. The second-order valence-electron chi connectivity index (χ2n) is 7.00. The molecule has 1 unspecified atom stereocenters. The van der Waals surface area contributed by atoms with Gasteiger partial charge in [-0.2, -0.15) is 13.2 Å². The predicted molar refractivity (Wildman–Crippen MR) is 116 cm³/mol. The Hall–Kier alpha value is -2.55.